The number of nitriles is 1. The maximum Gasteiger partial charge on any atom is 0.346 e. The minimum atomic E-state index is -1.19. The number of hydrogen-bond donors (Lipinski definition) is 1. The molecule has 0 unspecified atom stereocenters. The van der Waals surface area contributed by atoms with E-state index in [4.69, 9.17) is 10.4 Å². The molecule has 4 heteroatoms. The first kappa shape index (κ1) is 8.50. The van der Waals surface area contributed by atoms with Crippen LogP contribution in [0, 0.1) is 11.3 Å². The summed E-state index contributed by atoms with van der Waals surface area (Å²) in [5.74, 6) is -1.19. The minimum Gasteiger partial charge on any atom is -0.477 e. The molecule has 0 radical (unpaired) electrons. The second kappa shape index (κ2) is 3.69. The highest BCUT2D eigenvalue weighted by Gasteiger charge is 2.04. The molecule has 1 heterocycles. The van der Waals surface area contributed by atoms with Crippen LogP contribution in [0.2, 0.25) is 0 Å². The van der Waals surface area contributed by atoms with Gasteiger partial charge in [0, 0.05) is 0 Å². The van der Waals surface area contributed by atoms with Gasteiger partial charge in [-0.3, -0.25) is 0 Å². The molecule has 12 heavy (non-hydrogen) atoms. The fourth-order valence-corrected chi connectivity index (χ4v) is 1.28. The van der Waals surface area contributed by atoms with E-state index in [1.807, 2.05) is 5.38 Å². The van der Waals surface area contributed by atoms with Crippen LogP contribution in [0.4, 0.5) is 0 Å². The van der Waals surface area contributed by atoms with Gasteiger partial charge in [0.25, 0.3) is 0 Å². The number of thiophene rings is 1. The Labute approximate surface area is 73.2 Å². The molecular formula is C8H5NO2S. The van der Waals surface area contributed by atoms with Gasteiger partial charge in [-0.05, 0) is 28.5 Å². The predicted octanol–water partition coefficient (Wildman–Crippen LogP) is 1.74. The summed E-state index contributed by atoms with van der Waals surface area (Å²) < 4.78 is 0. The number of carbonyl (C=O) groups is 1. The van der Waals surface area contributed by atoms with Crippen molar-refractivity contribution in [2.75, 3.05) is 0 Å². The van der Waals surface area contributed by atoms with Gasteiger partial charge in [0.05, 0.1) is 0 Å². The number of aliphatic carboxylic acids is 1. The highest BCUT2D eigenvalue weighted by Crippen LogP contribution is 2.10. The average Bonchev–Trinajstić information content (AvgIpc) is 2.51. The zero-order chi connectivity index (χ0) is 8.97. The lowest BCUT2D eigenvalue weighted by Gasteiger charge is -1.86. The van der Waals surface area contributed by atoms with E-state index in [2.05, 4.69) is 0 Å². The Morgan fingerprint density at radius 1 is 1.75 bits per heavy atom. The van der Waals surface area contributed by atoms with E-state index >= 15 is 0 Å². The summed E-state index contributed by atoms with van der Waals surface area (Å²) in [6.07, 6.45) is 1.35. The molecule has 0 spiro atoms. The molecule has 0 amide bonds. The molecular weight excluding hydrogens is 174 g/mol. The number of nitrogens with zero attached hydrogens (tertiary/aromatic N) is 1. The van der Waals surface area contributed by atoms with Gasteiger partial charge < -0.3 is 5.11 Å². The fourth-order valence-electron chi connectivity index (χ4n) is 0.666. The molecule has 1 aromatic rings. The largest absolute Gasteiger partial charge is 0.477 e. The van der Waals surface area contributed by atoms with Crippen LogP contribution < -0.4 is 0 Å². The summed E-state index contributed by atoms with van der Waals surface area (Å²) in [7, 11) is 0. The number of carboxylic acid groups (broad SMARTS) is 1. The Kier molecular flexibility index (Phi) is 2.62. The molecule has 0 fully saturated rings. The van der Waals surface area contributed by atoms with E-state index in [9.17, 15) is 4.79 Å². The van der Waals surface area contributed by atoms with Crippen LogP contribution in [0.15, 0.2) is 22.4 Å². The predicted molar refractivity (Wildman–Crippen MR) is 45.5 cm³/mol. The maximum absolute atomic E-state index is 10.4. The smallest absolute Gasteiger partial charge is 0.346 e. The molecule has 1 N–H and O–H groups in total. The number of hydrogen-bond acceptors (Lipinski definition) is 3. The van der Waals surface area contributed by atoms with Crippen LogP contribution in [0.3, 0.4) is 0 Å². The van der Waals surface area contributed by atoms with Crippen molar-refractivity contribution in [3.8, 4) is 6.07 Å². The summed E-state index contributed by atoms with van der Waals surface area (Å²) in [6.45, 7) is 0. The lowest BCUT2D eigenvalue weighted by atomic mass is 10.2. The van der Waals surface area contributed by atoms with Gasteiger partial charge in [0.15, 0.2) is 0 Å². The van der Waals surface area contributed by atoms with Gasteiger partial charge in [-0.15, -0.1) is 0 Å². The van der Waals surface area contributed by atoms with Gasteiger partial charge >= 0.3 is 5.97 Å². The summed E-state index contributed by atoms with van der Waals surface area (Å²) in [5, 5.41) is 20.5. The standard InChI is InChI=1S/C8H5NO2S/c9-4-7(8(10)11)3-6-1-2-12-5-6/h1-3,5H,(H,10,11). The van der Waals surface area contributed by atoms with Crippen LogP contribution in [-0.2, 0) is 4.79 Å². The lowest BCUT2D eigenvalue weighted by molar-refractivity contribution is -0.132. The molecule has 0 saturated heterocycles. The number of carboxylic acids is 1. The fraction of sp³-hybridized carbons (Fsp3) is 0. The highest BCUT2D eigenvalue weighted by molar-refractivity contribution is 7.08. The third kappa shape index (κ3) is 1.94. The summed E-state index contributed by atoms with van der Waals surface area (Å²) >= 11 is 1.46. The lowest BCUT2D eigenvalue weighted by Crippen LogP contribution is -1.96. The van der Waals surface area contributed by atoms with Gasteiger partial charge in [0.1, 0.15) is 11.6 Å². The molecule has 0 atom stereocenters. The van der Waals surface area contributed by atoms with Crippen LogP contribution in [-0.4, -0.2) is 11.1 Å². The van der Waals surface area contributed by atoms with Crippen molar-refractivity contribution in [2.24, 2.45) is 0 Å². The van der Waals surface area contributed by atoms with Crippen LogP contribution in [0.1, 0.15) is 5.56 Å². The first-order valence-corrected chi connectivity index (χ1v) is 4.05. The SMILES string of the molecule is N#CC(=Cc1ccsc1)C(=O)O. The Balaban J connectivity index is 2.95. The molecule has 0 bridgehead atoms. The van der Waals surface area contributed by atoms with E-state index in [1.165, 1.54) is 17.4 Å². The third-order valence-electron chi connectivity index (χ3n) is 1.21. The van der Waals surface area contributed by atoms with Crippen molar-refractivity contribution >= 4 is 23.4 Å². The van der Waals surface area contributed by atoms with Gasteiger partial charge in [-0.1, -0.05) is 0 Å². The van der Waals surface area contributed by atoms with E-state index in [0.717, 1.165) is 5.56 Å². The quantitative estimate of drug-likeness (QED) is 0.555. The summed E-state index contributed by atoms with van der Waals surface area (Å²) in [4.78, 5) is 10.4. The van der Waals surface area contributed by atoms with Crippen molar-refractivity contribution in [3.05, 3.63) is 28.0 Å². The molecule has 1 aromatic heterocycles. The molecule has 0 saturated carbocycles. The number of rotatable bonds is 2. The topological polar surface area (TPSA) is 61.1 Å². The molecule has 60 valence electrons. The molecule has 3 nitrogen and oxygen atoms in total. The van der Waals surface area contributed by atoms with Gasteiger partial charge in [0.2, 0.25) is 0 Å². The Morgan fingerprint density at radius 2 is 2.50 bits per heavy atom. The minimum absolute atomic E-state index is 0.242. The van der Waals surface area contributed by atoms with Crippen molar-refractivity contribution in [2.45, 2.75) is 0 Å². The molecule has 0 aliphatic rings. The monoisotopic (exact) mass is 179 g/mol. The van der Waals surface area contributed by atoms with E-state index < -0.39 is 5.97 Å². The van der Waals surface area contributed by atoms with E-state index in [1.54, 1.807) is 17.5 Å². The second-order valence-corrected chi connectivity index (χ2v) is 2.81. The normalized spacial score (nSPS) is 10.8. The zero-order valence-corrected chi connectivity index (χ0v) is 6.84. The van der Waals surface area contributed by atoms with Crippen molar-refractivity contribution < 1.29 is 9.90 Å². The second-order valence-electron chi connectivity index (χ2n) is 2.03. The first-order chi connectivity index (χ1) is 5.74. The van der Waals surface area contributed by atoms with Gasteiger partial charge in [-0.25, -0.2) is 4.79 Å². The van der Waals surface area contributed by atoms with Crippen molar-refractivity contribution in [1.82, 2.24) is 0 Å². The zero-order valence-electron chi connectivity index (χ0n) is 6.02. The van der Waals surface area contributed by atoms with Crippen molar-refractivity contribution in [3.63, 3.8) is 0 Å². The Bertz CT molecular complexity index is 346. The molecule has 0 aromatic carbocycles. The average molecular weight is 179 g/mol. The molecule has 1 rings (SSSR count). The van der Waals surface area contributed by atoms with Crippen molar-refractivity contribution in [1.29, 1.82) is 5.26 Å². The maximum atomic E-state index is 10.4. The summed E-state index contributed by atoms with van der Waals surface area (Å²) in [6, 6.07) is 3.36. The van der Waals surface area contributed by atoms with Gasteiger partial charge in [-0.2, -0.15) is 16.6 Å². The summed E-state index contributed by atoms with van der Waals surface area (Å²) in [5.41, 5.74) is 0.507. The Morgan fingerprint density at radius 3 is 2.92 bits per heavy atom. The molecule has 0 aliphatic carbocycles. The van der Waals surface area contributed by atoms with Crippen LogP contribution >= 0.6 is 11.3 Å². The third-order valence-corrected chi connectivity index (χ3v) is 1.91. The first-order valence-electron chi connectivity index (χ1n) is 3.11. The van der Waals surface area contributed by atoms with Crippen LogP contribution in [0.25, 0.3) is 6.08 Å². The highest BCUT2D eigenvalue weighted by atomic mass is 32.1. The van der Waals surface area contributed by atoms with E-state index in [0.29, 0.717) is 0 Å². The Hall–Kier alpha value is -1.60. The van der Waals surface area contributed by atoms with Crippen LogP contribution in [0.5, 0.6) is 0 Å². The van der Waals surface area contributed by atoms with E-state index in [-0.39, 0.29) is 5.57 Å². The molecule has 0 aliphatic heterocycles.